The molecule has 1 aliphatic heterocycles. The van der Waals surface area contributed by atoms with Crippen LogP contribution in [0.1, 0.15) is 22.7 Å². The number of hydrogen-bond acceptors (Lipinski definition) is 4. The molecule has 164 valence electrons. The lowest BCUT2D eigenvalue weighted by Crippen LogP contribution is -2.39. The molecule has 0 amide bonds. The Kier molecular flexibility index (Phi) is 5.78. The van der Waals surface area contributed by atoms with Crippen molar-refractivity contribution < 1.29 is 26.4 Å². The third-order valence-electron chi connectivity index (χ3n) is 5.43. The quantitative estimate of drug-likeness (QED) is 0.631. The van der Waals surface area contributed by atoms with E-state index in [9.17, 15) is 21.6 Å². The van der Waals surface area contributed by atoms with Crippen molar-refractivity contribution in [3.8, 4) is 0 Å². The van der Waals surface area contributed by atoms with Crippen molar-refractivity contribution in [1.82, 2.24) is 9.79 Å². The van der Waals surface area contributed by atoms with Crippen LogP contribution in [0.25, 0.3) is 10.8 Å². The van der Waals surface area contributed by atoms with Gasteiger partial charge in [-0.3, -0.25) is 4.84 Å². The number of benzene rings is 3. The van der Waals surface area contributed by atoms with E-state index in [0.29, 0.717) is 0 Å². The smallest absolute Gasteiger partial charge is 0.297 e. The van der Waals surface area contributed by atoms with Crippen LogP contribution in [0.15, 0.2) is 66.7 Å². The van der Waals surface area contributed by atoms with Gasteiger partial charge in [-0.15, -0.1) is 0 Å². The second-order valence-electron chi connectivity index (χ2n) is 7.50. The van der Waals surface area contributed by atoms with Gasteiger partial charge < -0.3 is 0 Å². The summed E-state index contributed by atoms with van der Waals surface area (Å²) in [4.78, 5) is 5.51. The molecule has 0 saturated carbocycles. The van der Waals surface area contributed by atoms with Crippen molar-refractivity contribution >= 4 is 20.8 Å². The molecule has 1 aliphatic rings. The van der Waals surface area contributed by atoms with Gasteiger partial charge in [-0.2, -0.15) is 18.2 Å². The minimum Gasteiger partial charge on any atom is -0.297 e. The van der Waals surface area contributed by atoms with Crippen LogP contribution in [-0.2, 0) is 27.6 Å². The van der Waals surface area contributed by atoms with Crippen molar-refractivity contribution in [3.63, 3.8) is 0 Å². The molecule has 1 fully saturated rings. The highest BCUT2D eigenvalue weighted by molar-refractivity contribution is 7.90. The monoisotopic (exact) mass is 450 g/mol. The second-order valence-corrected chi connectivity index (χ2v) is 9.48. The first-order chi connectivity index (χ1) is 14.6. The van der Waals surface area contributed by atoms with Crippen molar-refractivity contribution in [2.45, 2.75) is 24.0 Å². The topological polar surface area (TPSA) is 58.6 Å². The van der Waals surface area contributed by atoms with E-state index in [2.05, 4.69) is 4.72 Å². The molecular weight excluding hydrogens is 429 g/mol. The normalized spacial score (nSPS) is 20.4. The van der Waals surface area contributed by atoms with Crippen LogP contribution in [0.2, 0.25) is 0 Å². The Morgan fingerprint density at radius 2 is 1.77 bits per heavy atom. The maximum absolute atomic E-state index is 13.0. The summed E-state index contributed by atoms with van der Waals surface area (Å²) in [6, 6.07) is 17.5. The fourth-order valence-electron chi connectivity index (χ4n) is 3.82. The number of nitrogens with zero attached hydrogens (tertiary/aromatic N) is 1. The number of hydroxylamine groups is 2. The zero-order valence-corrected chi connectivity index (χ0v) is 17.5. The van der Waals surface area contributed by atoms with Crippen LogP contribution in [0.5, 0.6) is 0 Å². The summed E-state index contributed by atoms with van der Waals surface area (Å²) in [5.41, 5.74) is 0.197. The molecular formula is C22H21F3N2O3S. The van der Waals surface area contributed by atoms with E-state index in [1.165, 1.54) is 17.2 Å². The van der Waals surface area contributed by atoms with E-state index >= 15 is 0 Å². The highest BCUT2D eigenvalue weighted by Gasteiger charge is 2.43. The average molecular weight is 450 g/mol. The zero-order chi connectivity index (χ0) is 22.2. The van der Waals surface area contributed by atoms with Crippen LogP contribution >= 0.6 is 0 Å². The molecule has 1 saturated heterocycles. The van der Waals surface area contributed by atoms with Crippen LogP contribution in [0.4, 0.5) is 13.2 Å². The van der Waals surface area contributed by atoms with E-state index < -0.39 is 33.1 Å². The zero-order valence-electron chi connectivity index (χ0n) is 16.6. The van der Waals surface area contributed by atoms with Crippen LogP contribution in [0, 0.1) is 0 Å². The minimum atomic E-state index is -4.49. The molecule has 1 heterocycles. The lowest BCUT2D eigenvalue weighted by Gasteiger charge is -2.23. The minimum absolute atomic E-state index is 0.0497. The maximum atomic E-state index is 13.0. The number of hydrogen-bond donors (Lipinski definition) is 1. The largest absolute Gasteiger partial charge is 0.416 e. The molecule has 4 rings (SSSR count). The molecule has 2 atom stereocenters. The van der Waals surface area contributed by atoms with Crippen LogP contribution in [-0.4, -0.2) is 32.4 Å². The van der Waals surface area contributed by atoms with Crippen LogP contribution < -0.4 is 4.72 Å². The summed E-state index contributed by atoms with van der Waals surface area (Å²) in [6.07, 6.45) is -4.49. The Labute approximate surface area is 178 Å². The molecule has 31 heavy (non-hydrogen) atoms. The first-order valence-corrected chi connectivity index (χ1v) is 11.2. The fraction of sp³-hybridized carbons (Fsp3) is 0.273. The van der Waals surface area contributed by atoms with E-state index in [0.717, 1.165) is 28.5 Å². The van der Waals surface area contributed by atoms with Gasteiger partial charge in [0, 0.05) is 13.6 Å². The number of nitrogens with one attached hydrogen (secondary N) is 1. The van der Waals surface area contributed by atoms with Crippen LogP contribution in [0.3, 0.4) is 0 Å². The Morgan fingerprint density at radius 3 is 2.52 bits per heavy atom. The van der Waals surface area contributed by atoms with Gasteiger partial charge in [-0.05, 0) is 34.0 Å². The van der Waals surface area contributed by atoms with Gasteiger partial charge >= 0.3 is 6.18 Å². The number of sulfonamides is 1. The first kappa shape index (κ1) is 21.8. The van der Waals surface area contributed by atoms with Crippen molar-refractivity contribution in [2.75, 3.05) is 13.7 Å². The number of alkyl halides is 3. The summed E-state index contributed by atoms with van der Waals surface area (Å²) >= 11 is 0. The predicted octanol–water partition coefficient (Wildman–Crippen LogP) is 4.26. The molecule has 0 aliphatic carbocycles. The predicted molar refractivity (Wildman–Crippen MR) is 111 cm³/mol. The molecule has 1 N–H and O–H groups in total. The van der Waals surface area contributed by atoms with E-state index in [-0.39, 0.29) is 18.7 Å². The summed E-state index contributed by atoms with van der Waals surface area (Å²) in [7, 11) is -2.22. The summed E-state index contributed by atoms with van der Waals surface area (Å²) in [6.45, 7) is -0.289. The summed E-state index contributed by atoms with van der Waals surface area (Å²) in [5.74, 6) is 0. The number of halogens is 3. The molecule has 0 spiro atoms. The highest BCUT2D eigenvalue weighted by atomic mass is 32.2. The van der Waals surface area contributed by atoms with Gasteiger partial charge in [0.1, 0.15) is 5.25 Å². The molecule has 0 aromatic heterocycles. The second kappa shape index (κ2) is 8.23. The molecule has 0 radical (unpaired) electrons. The van der Waals surface area contributed by atoms with Gasteiger partial charge in [-0.1, -0.05) is 54.6 Å². The van der Waals surface area contributed by atoms with Gasteiger partial charge in [0.25, 0.3) is 0 Å². The lowest BCUT2D eigenvalue weighted by atomic mass is 10.0. The Bertz CT molecular complexity index is 1200. The van der Waals surface area contributed by atoms with Gasteiger partial charge in [0.15, 0.2) is 0 Å². The third-order valence-corrected chi connectivity index (χ3v) is 7.17. The lowest BCUT2D eigenvalue weighted by molar-refractivity contribution is -0.137. The van der Waals surface area contributed by atoms with E-state index in [1.54, 1.807) is 7.05 Å². The maximum Gasteiger partial charge on any atom is 0.416 e. The van der Waals surface area contributed by atoms with Crippen molar-refractivity contribution in [3.05, 3.63) is 83.4 Å². The molecule has 3 aromatic rings. The van der Waals surface area contributed by atoms with Gasteiger partial charge in [0.05, 0.1) is 18.2 Å². The van der Waals surface area contributed by atoms with Crippen molar-refractivity contribution in [1.29, 1.82) is 0 Å². The van der Waals surface area contributed by atoms with Crippen molar-refractivity contribution in [2.24, 2.45) is 0 Å². The first-order valence-electron chi connectivity index (χ1n) is 9.64. The van der Waals surface area contributed by atoms with E-state index in [4.69, 9.17) is 4.84 Å². The number of fused-ring (bicyclic) bond motifs is 1. The van der Waals surface area contributed by atoms with Gasteiger partial charge in [0.2, 0.25) is 10.0 Å². The SMILES string of the molecule is CN1OCC(S(=O)(=O)NCc2cccc(C(F)(F)F)c2)C1c1ccc2ccccc2c1. The molecule has 9 heteroatoms. The third kappa shape index (κ3) is 4.59. The molecule has 0 bridgehead atoms. The Morgan fingerprint density at radius 1 is 1.03 bits per heavy atom. The molecule has 2 unspecified atom stereocenters. The summed E-state index contributed by atoms with van der Waals surface area (Å²) < 4.78 is 67.3. The standard InChI is InChI=1S/C22H21F3N2O3S/c1-27-21(18-10-9-16-6-2-3-7-17(16)12-18)20(14-30-27)31(28,29)26-13-15-5-4-8-19(11-15)22(23,24)25/h2-12,20-21,26H,13-14H2,1H3. The Hall–Kier alpha value is -2.46. The summed E-state index contributed by atoms with van der Waals surface area (Å²) in [5, 5.41) is 2.62. The van der Waals surface area contributed by atoms with Gasteiger partial charge in [-0.25, -0.2) is 13.1 Å². The average Bonchev–Trinajstić information content (AvgIpc) is 3.14. The van der Waals surface area contributed by atoms with E-state index in [1.807, 2.05) is 42.5 Å². The molecule has 3 aromatic carbocycles. The number of rotatable bonds is 5. The Balaban J connectivity index is 1.56. The highest BCUT2D eigenvalue weighted by Crippen LogP contribution is 2.35. The molecule has 5 nitrogen and oxygen atoms in total. The fourth-order valence-corrected chi connectivity index (χ4v) is 5.31.